The van der Waals surface area contributed by atoms with Crippen LogP contribution in [0, 0.1) is 0 Å². The fourth-order valence-corrected chi connectivity index (χ4v) is 1.98. The minimum absolute atomic E-state index is 0.300. The predicted molar refractivity (Wildman–Crippen MR) is 62.4 cm³/mol. The highest BCUT2D eigenvalue weighted by atomic mass is 16.5. The fourth-order valence-electron chi connectivity index (χ4n) is 1.98. The third-order valence-corrected chi connectivity index (χ3v) is 2.87. The van der Waals surface area contributed by atoms with Crippen molar-refractivity contribution in [2.75, 3.05) is 19.8 Å². The second-order valence-corrected chi connectivity index (χ2v) is 4.17. The van der Waals surface area contributed by atoms with E-state index < -0.39 is 5.97 Å². The Bertz CT molecular complexity index is 366. The highest BCUT2D eigenvalue weighted by Crippen LogP contribution is 2.26. The van der Waals surface area contributed by atoms with E-state index in [9.17, 15) is 4.79 Å². The number of carboxylic acid groups (broad SMARTS) is 1. The molecule has 4 nitrogen and oxygen atoms in total. The van der Waals surface area contributed by atoms with E-state index in [0.717, 1.165) is 26.1 Å². The molecule has 1 aromatic carbocycles. The summed E-state index contributed by atoms with van der Waals surface area (Å²) < 4.78 is 10.5. The average molecular weight is 236 g/mol. The Labute approximate surface area is 100 Å². The van der Waals surface area contributed by atoms with Crippen LogP contribution >= 0.6 is 0 Å². The molecular weight excluding hydrogens is 220 g/mol. The summed E-state index contributed by atoms with van der Waals surface area (Å²) in [6.45, 7) is 1.33. The summed E-state index contributed by atoms with van der Waals surface area (Å²) >= 11 is 0. The van der Waals surface area contributed by atoms with Gasteiger partial charge in [0.2, 0.25) is 0 Å². The molecule has 17 heavy (non-hydrogen) atoms. The normalized spacial score (nSPS) is 19.9. The van der Waals surface area contributed by atoms with Gasteiger partial charge in [0.15, 0.2) is 6.61 Å². The first-order chi connectivity index (χ1) is 8.25. The number of aliphatic carboxylic acids is 1. The molecule has 1 aliphatic rings. The van der Waals surface area contributed by atoms with Gasteiger partial charge in [-0.3, -0.25) is 0 Å². The van der Waals surface area contributed by atoms with Crippen LogP contribution in [0.15, 0.2) is 24.3 Å². The smallest absolute Gasteiger partial charge is 0.341 e. The van der Waals surface area contributed by atoms with Crippen LogP contribution in [0.2, 0.25) is 0 Å². The Morgan fingerprint density at radius 1 is 1.41 bits per heavy atom. The van der Waals surface area contributed by atoms with Gasteiger partial charge in [0.25, 0.3) is 0 Å². The van der Waals surface area contributed by atoms with Gasteiger partial charge in [-0.2, -0.15) is 0 Å². The van der Waals surface area contributed by atoms with Gasteiger partial charge in [-0.15, -0.1) is 0 Å². The molecule has 0 radical (unpaired) electrons. The fraction of sp³-hybridized carbons (Fsp3) is 0.462. The standard InChI is InChI=1S/C13H16O4/c14-13(15)9-17-12-5-3-10(4-6-12)11-2-1-7-16-8-11/h3-6,11H,1-2,7-9H2,(H,14,15). The van der Waals surface area contributed by atoms with E-state index >= 15 is 0 Å². The van der Waals surface area contributed by atoms with E-state index in [4.69, 9.17) is 14.6 Å². The van der Waals surface area contributed by atoms with Gasteiger partial charge in [-0.05, 0) is 30.5 Å². The third-order valence-electron chi connectivity index (χ3n) is 2.87. The quantitative estimate of drug-likeness (QED) is 0.869. The number of rotatable bonds is 4. The molecule has 4 heteroatoms. The lowest BCUT2D eigenvalue weighted by Crippen LogP contribution is -2.15. The second-order valence-electron chi connectivity index (χ2n) is 4.17. The molecule has 0 spiro atoms. The minimum Gasteiger partial charge on any atom is -0.482 e. The van der Waals surface area contributed by atoms with E-state index in [-0.39, 0.29) is 6.61 Å². The van der Waals surface area contributed by atoms with Crippen molar-refractivity contribution in [3.63, 3.8) is 0 Å². The first-order valence-corrected chi connectivity index (χ1v) is 5.78. The Morgan fingerprint density at radius 3 is 2.76 bits per heavy atom. The highest BCUT2D eigenvalue weighted by molar-refractivity contribution is 5.68. The molecule has 1 aliphatic heterocycles. The maximum atomic E-state index is 10.3. The topological polar surface area (TPSA) is 55.8 Å². The van der Waals surface area contributed by atoms with Crippen molar-refractivity contribution in [3.8, 4) is 5.75 Å². The van der Waals surface area contributed by atoms with Crippen LogP contribution in [-0.2, 0) is 9.53 Å². The highest BCUT2D eigenvalue weighted by Gasteiger charge is 2.15. The zero-order valence-electron chi connectivity index (χ0n) is 9.59. The zero-order chi connectivity index (χ0) is 12.1. The molecule has 0 amide bonds. The molecule has 0 aliphatic carbocycles. The molecule has 0 bridgehead atoms. The van der Waals surface area contributed by atoms with Crippen molar-refractivity contribution in [1.82, 2.24) is 0 Å². The minimum atomic E-state index is -0.963. The molecule has 2 rings (SSSR count). The summed E-state index contributed by atoms with van der Waals surface area (Å²) in [7, 11) is 0. The van der Waals surface area contributed by atoms with Crippen LogP contribution in [-0.4, -0.2) is 30.9 Å². The molecule has 0 aromatic heterocycles. The SMILES string of the molecule is O=C(O)COc1ccc(C2CCCOC2)cc1. The van der Waals surface area contributed by atoms with Crippen LogP contribution in [0.1, 0.15) is 24.3 Å². The van der Waals surface area contributed by atoms with Crippen LogP contribution in [0.5, 0.6) is 5.75 Å². The van der Waals surface area contributed by atoms with Gasteiger partial charge in [-0.25, -0.2) is 4.79 Å². The van der Waals surface area contributed by atoms with Crippen molar-refractivity contribution in [1.29, 1.82) is 0 Å². The summed E-state index contributed by atoms with van der Waals surface area (Å²) in [6.07, 6.45) is 2.25. The second kappa shape index (κ2) is 5.68. The number of benzene rings is 1. The number of hydrogen-bond acceptors (Lipinski definition) is 3. The summed E-state index contributed by atoms with van der Waals surface area (Å²) in [5, 5.41) is 8.49. The molecule has 1 atom stereocenters. The molecule has 1 unspecified atom stereocenters. The first-order valence-electron chi connectivity index (χ1n) is 5.78. The van der Waals surface area contributed by atoms with Crippen molar-refractivity contribution >= 4 is 5.97 Å². The van der Waals surface area contributed by atoms with Crippen molar-refractivity contribution < 1.29 is 19.4 Å². The van der Waals surface area contributed by atoms with Gasteiger partial charge in [0.05, 0.1) is 6.61 Å². The van der Waals surface area contributed by atoms with E-state index in [1.54, 1.807) is 0 Å². The van der Waals surface area contributed by atoms with Gasteiger partial charge in [0.1, 0.15) is 5.75 Å². The van der Waals surface area contributed by atoms with Gasteiger partial charge in [0, 0.05) is 12.5 Å². The number of carbonyl (C=O) groups is 1. The average Bonchev–Trinajstić information content (AvgIpc) is 2.38. The molecule has 1 saturated heterocycles. The van der Waals surface area contributed by atoms with Crippen LogP contribution < -0.4 is 4.74 Å². The number of carboxylic acids is 1. The van der Waals surface area contributed by atoms with E-state index in [2.05, 4.69) is 0 Å². The monoisotopic (exact) mass is 236 g/mol. The Kier molecular flexibility index (Phi) is 3.98. The molecule has 1 N–H and O–H groups in total. The van der Waals surface area contributed by atoms with Gasteiger partial charge >= 0.3 is 5.97 Å². The molecule has 92 valence electrons. The largest absolute Gasteiger partial charge is 0.482 e. The van der Waals surface area contributed by atoms with Crippen molar-refractivity contribution in [3.05, 3.63) is 29.8 Å². The van der Waals surface area contributed by atoms with E-state index in [1.165, 1.54) is 5.56 Å². The maximum Gasteiger partial charge on any atom is 0.341 e. The number of hydrogen-bond donors (Lipinski definition) is 1. The van der Waals surface area contributed by atoms with Crippen molar-refractivity contribution in [2.45, 2.75) is 18.8 Å². The van der Waals surface area contributed by atoms with E-state index in [0.29, 0.717) is 11.7 Å². The van der Waals surface area contributed by atoms with Crippen molar-refractivity contribution in [2.24, 2.45) is 0 Å². The van der Waals surface area contributed by atoms with E-state index in [1.807, 2.05) is 24.3 Å². The summed E-state index contributed by atoms with van der Waals surface area (Å²) in [5.41, 5.74) is 1.23. The summed E-state index contributed by atoms with van der Waals surface area (Å²) in [6, 6.07) is 7.59. The van der Waals surface area contributed by atoms with Crippen LogP contribution in [0.4, 0.5) is 0 Å². The Morgan fingerprint density at radius 2 is 2.18 bits per heavy atom. The lowest BCUT2D eigenvalue weighted by molar-refractivity contribution is -0.139. The maximum absolute atomic E-state index is 10.3. The summed E-state index contributed by atoms with van der Waals surface area (Å²) in [5.74, 6) is 0.0832. The zero-order valence-corrected chi connectivity index (χ0v) is 9.59. The Hall–Kier alpha value is -1.55. The molecule has 1 heterocycles. The third kappa shape index (κ3) is 3.46. The van der Waals surface area contributed by atoms with Gasteiger partial charge in [-0.1, -0.05) is 12.1 Å². The van der Waals surface area contributed by atoms with Crippen LogP contribution in [0.3, 0.4) is 0 Å². The predicted octanol–water partition coefficient (Wildman–Crippen LogP) is 2.04. The number of ether oxygens (including phenoxy) is 2. The Balaban J connectivity index is 1.94. The van der Waals surface area contributed by atoms with Gasteiger partial charge < -0.3 is 14.6 Å². The lowest BCUT2D eigenvalue weighted by Gasteiger charge is -2.22. The molecular formula is C13H16O4. The van der Waals surface area contributed by atoms with Crippen LogP contribution in [0.25, 0.3) is 0 Å². The molecule has 1 aromatic rings. The summed E-state index contributed by atoms with van der Waals surface area (Å²) in [4.78, 5) is 10.3. The molecule has 0 saturated carbocycles. The molecule has 1 fully saturated rings. The first kappa shape index (κ1) is 11.9. The lowest BCUT2D eigenvalue weighted by atomic mass is 9.94.